The highest BCUT2D eigenvalue weighted by Crippen LogP contribution is 2.20. The third-order valence-electron chi connectivity index (χ3n) is 3.39. The molecule has 2 heterocycles. The molecule has 6 heteroatoms. The monoisotopic (exact) mass is 292 g/mol. The summed E-state index contributed by atoms with van der Waals surface area (Å²) in [4.78, 5) is 29.2. The molecule has 114 valence electrons. The number of rotatable bonds is 4. The third-order valence-corrected chi connectivity index (χ3v) is 3.39. The molecular weight excluding hydrogens is 272 g/mol. The van der Waals surface area contributed by atoms with Gasteiger partial charge in [0.05, 0.1) is 11.7 Å². The molecule has 1 atom stereocenters. The van der Waals surface area contributed by atoms with Crippen molar-refractivity contribution in [2.24, 2.45) is 0 Å². The van der Waals surface area contributed by atoms with E-state index in [0.29, 0.717) is 24.4 Å². The van der Waals surface area contributed by atoms with Crippen LogP contribution in [0.4, 0.5) is 0 Å². The van der Waals surface area contributed by atoms with Crippen molar-refractivity contribution in [3.8, 4) is 5.88 Å². The molecule has 21 heavy (non-hydrogen) atoms. The minimum Gasteiger partial charge on any atom is -0.480 e. The van der Waals surface area contributed by atoms with E-state index < -0.39 is 12.0 Å². The first-order valence-electron chi connectivity index (χ1n) is 7.15. The van der Waals surface area contributed by atoms with Crippen molar-refractivity contribution in [2.45, 2.75) is 45.3 Å². The molecule has 0 bridgehead atoms. The number of nitrogens with zero attached hydrogens (tertiary/aromatic N) is 2. The number of carboxylic acids is 1. The smallest absolute Gasteiger partial charge is 0.326 e. The summed E-state index contributed by atoms with van der Waals surface area (Å²) in [5.74, 6) is -0.781. The van der Waals surface area contributed by atoms with Crippen LogP contribution in [0, 0.1) is 0 Å². The molecule has 6 nitrogen and oxygen atoms in total. The van der Waals surface area contributed by atoms with Gasteiger partial charge >= 0.3 is 5.97 Å². The minimum atomic E-state index is -0.948. The van der Waals surface area contributed by atoms with Crippen LogP contribution < -0.4 is 4.74 Å². The summed E-state index contributed by atoms with van der Waals surface area (Å²) in [5, 5.41) is 9.22. The van der Waals surface area contributed by atoms with Crippen molar-refractivity contribution in [1.29, 1.82) is 0 Å². The van der Waals surface area contributed by atoms with Gasteiger partial charge in [0.15, 0.2) is 0 Å². The Morgan fingerprint density at radius 1 is 1.38 bits per heavy atom. The molecule has 1 amide bonds. The molecule has 2 rings (SSSR count). The molecular formula is C15H20N2O4. The van der Waals surface area contributed by atoms with E-state index in [0.717, 1.165) is 12.8 Å². The van der Waals surface area contributed by atoms with Gasteiger partial charge in [-0.05, 0) is 39.2 Å². The molecule has 1 saturated heterocycles. The number of piperidine rings is 1. The predicted octanol–water partition coefficient (Wildman–Crippen LogP) is 1.95. The van der Waals surface area contributed by atoms with Gasteiger partial charge in [0.25, 0.3) is 5.91 Å². The van der Waals surface area contributed by atoms with Crippen LogP contribution >= 0.6 is 0 Å². The Bertz CT molecular complexity index is 513. The molecule has 1 aliphatic heterocycles. The highest BCUT2D eigenvalue weighted by Gasteiger charge is 2.32. The maximum Gasteiger partial charge on any atom is 0.326 e. The fourth-order valence-electron chi connectivity index (χ4n) is 2.42. The average molecular weight is 292 g/mol. The molecule has 0 spiro atoms. The lowest BCUT2D eigenvalue weighted by atomic mass is 10.0. The van der Waals surface area contributed by atoms with Gasteiger partial charge < -0.3 is 14.7 Å². The summed E-state index contributed by atoms with van der Waals surface area (Å²) in [6, 6.07) is 2.52. The van der Waals surface area contributed by atoms with Crippen LogP contribution in [-0.2, 0) is 4.79 Å². The highest BCUT2D eigenvalue weighted by molar-refractivity contribution is 5.96. The number of likely N-dealkylation sites (tertiary alicyclic amines) is 1. The number of hydrogen-bond acceptors (Lipinski definition) is 4. The zero-order valence-corrected chi connectivity index (χ0v) is 12.3. The first kappa shape index (κ1) is 15.3. The van der Waals surface area contributed by atoms with E-state index >= 15 is 0 Å². The van der Waals surface area contributed by atoms with E-state index in [4.69, 9.17) is 4.74 Å². The maximum atomic E-state index is 12.4. The van der Waals surface area contributed by atoms with Gasteiger partial charge in [-0.3, -0.25) is 4.79 Å². The standard InChI is InChI=1S/C15H20N2O4/c1-10(2)21-13-7-6-11(9-16-13)14(18)17-8-4-3-5-12(17)15(19)20/h6-7,9-10,12H,3-5,8H2,1-2H3,(H,19,20)/t12-/m1/s1. The number of aliphatic carboxylic acids is 1. The van der Waals surface area contributed by atoms with E-state index in [9.17, 15) is 14.7 Å². The second kappa shape index (κ2) is 6.56. The van der Waals surface area contributed by atoms with Crippen LogP contribution in [0.3, 0.4) is 0 Å². The van der Waals surface area contributed by atoms with Crippen LogP contribution in [0.2, 0.25) is 0 Å². The van der Waals surface area contributed by atoms with Gasteiger partial charge in [-0.15, -0.1) is 0 Å². The van der Waals surface area contributed by atoms with E-state index in [-0.39, 0.29) is 12.0 Å². The van der Waals surface area contributed by atoms with E-state index in [1.54, 1.807) is 12.1 Å². The van der Waals surface area contributed by atoms with Crippen molar-refractivity contribution >= 4 is 11.9 Å². The Morgan fingerprint density at radius 2 is 2.14 bits per heavy atom. The second-order valence-corrected chi connectivity index (χ2v) is 5.40. The molecule has 0 aliphatic carbocycles. The average Bonchev–Trinajstić information content (AvgIpc) is 2.46. The number of amides is 1. The molecule has 1 N–H and O–H groups in total. The maximum absolute atomic E-state index is 12.4. The largest absolute Gasteiger partial charge is 0.480 e. The SMILES string of the molecule is CC(C)Oc1ccc(C(=O)N2CCCC[C@@H]2C(=O)O)cn1. The first-order valence-corrected chi connectivity index (χ1v) is 7.15. The van der Waals surface area contributed by atoms with Crippen LogP contribution in [0.25, 0.3) is 0 Å². The second-order valence-electron chi connectivity index (χ2n) is 5.40. The minimum absolute atomic E-state index is 0.0116. The topological polar surface area (TPSA) is 79.7 Å². The lowest BCUT2D eigenvalue weighted by Gasteiger charge is -2.32. The Hall–Kier alpha value is -2.11. The number of carboxylic acid groups (broad SMARTS) is 1. The lowest BCUT2D eigenvalue weighted by molar-refractivity contribution is -0.143. The Balaban J connectivity index is 2.12. The summed E-state index contributed by atoms with van der Waals surface area (Å²) in [6.07, 6.45) is 3.62. The molecule has 1 aromatic rings. The Labute approximate surface area is 123 Å². The van der Waals surface area contributed by atoms with E-state index in [2.05, 4.69) is 4.98 Å². The number of hydrogen-bond donors (Lipinski definition) is 1. The van der Waals surface area contributed by atoms with Gasteiger partial charge in [0, 0.05) is 18.8 Å². The fourth-order valence-corrected chi connectivity index (χ4v) is 2.42. The highest BCUT2D eigenvalue weighted by atomic mass is 16.5. The van der Waals surface area contributed by atoms with E-state index in [1.807, 2.05) is 13.8 Å². The molecule has 1 aliphatic rings. The van der Waals surface area contributed by atoms with E-state index in [1.165, 1.54) is 11.1 Å². The normalized spacial score (nSPS) is 18.6. The van der Waals surface area contributed by atoms with Gasteiger partial charge in [0.2, 0.25) is 5.88 Å². The lowest BCUT2D eigenvalue weighted by Crippen LogP contribution is -2.48. The van der Waals surface area contributed by atoms with Crippen LogP contribution in [-0.4, -0.2) is 45.6 Å². The van der Waals surface area contributed by atoms with Crippen molar-refractivity contribution in [3.05, 3.63) is 23.9 Å². The first-order chi connectivity index (χ1) is 9.99. The number of pyridine rings is 1. The molecule has 0 aromatic carbocycles. The number of ether oxygens (including phenoxy) is 1. The van der Waals surface area contributed by atoms with Crippen LogP contribution in [0.15, 0.2) is 18.3 Å². The molecule has 0 unspecified atom stereocenters. The summed E-state index contributed by atoms with van der Waals surface area (Å²) in [6.45, 7) is 4.26. The van der Waals surface area contributed by atoms with Gasteiger partial charge in [-0.2, -0.15) is 0 Å². The fraction of sp³-hybridized carbons (Fsp3) is 0.533. The van der Waals surface area contributed by atoms with Gasteiger partial charge in [0.1, 0.15) is 6.04 Å². The molecule has 1 aromatic heterocycles. The zero-order chi connectivity index (χ0) is 15.4. The van der Waals surface area contributed by atoms with Crippen LogP contribution in [0.5, 0.6) is 5.88 Å². The van der Waals surface area contributed by atoms with Crippen molar-refractivity contribution in [1.82, 2.24) is 9.88 Å². The van der Waals surface area contributed by atoms with Crippen LogP contribution in [0.1, 0.15) is 43.5 Å². The summed E-state index contributed by atoms with van der Waals surface area (Å²) >= 11 is 0. The van der Waals surface area contributed by atoms with Gasteiger partial charge in [-0.1, -0.05) is 0 Å². The Morgan fingerprint density at radius 3 is 2.71 bits per heavy atom. The Kier molecular flexibility index (Phi) is 4.77. The van der Waals surface area contributed by atoms with Crippen molar-refractivity contribution < 1.29 is 19.4 Å². The quantitative estimate of drug-likeness (QED) is 0.917. The summed E-state index contributed by atoms with van der Waals surface area (Å²) in [7, 11) is 0. The number of aromatic nitrogens is 1. The van der Waals surface area contributed by atoms with Crippen molar-refractivity contribution in [3.63, 3.8) is 0 Å². The third kappa shape index (κ3) is 3.71. The number of carbonyl (C=O) groups is 2. The molecule has 0 radical (unpaired) electrons. The molecule has 0 saturated carbocycles. The number of carbonyl (C=O) groups excluding carboxylic acids is 1. The zero-order valence-electron chi connectivity index (χ0n) is 12.3. The summed E-state index contributed by atoms with van der Waals surface area (Å²) in [5.41, 5.74) is 0.388. The predicted molar refractivity (Wildman–Crippen MR) is 76.3 cm³/mol. The summed E-state index contributed by atoms with van der Waals surface area (Å²) < 4.78 is 5.42. The van der Waals surface area contributed by atoms with Gasteiger partial charge in [-0.25, -0.2) is 9.78 Å². The van der Waals surface area contributed by atoms with Crippen molar-refractivity contribution in [2.75, 3.05) is 6.54 Å². The molecule has 1 fully saturated rings.